The summed E-state index contributed by atoms with van der Waals surface area (Å²) in [5.41, 5.74) is 2.71. The first-order valence-electron chi connectivity index (χ1n) is 5.07. The van der Waals surface area contributed by atoms with Crippen molar-refractivity contribution in [3.63, 3.8) is 0 Å². The van der Waals surface area contributed by atoms with Crippen LogP contribution in [0.4, 0.5) is 0 Å². The molecule has 0 amide bonds. The summed E-state index contributed by atoms with van der Waals surface area (Å²) in [7, 11) is 0. The van der Waals surface area contributed by atoms with Crippen molar-refractivity contribution in [3.8, 4) is 0 Å². The van der Waals surface area contributed by atoms with Crippen LogP contribution in [-0.2, 0) is 4.79 Å². The second-order valence-electron chi connectivity index (χ2n) is 3.78. The van der Waals surface area contributed by atoms with Crippen LogP contribution in [0.2, 0.25) is 5.82 Å². The van der Waals surface area contributed by atoms with Crippen molar-refractivity contribution in [3.05, 3.63) is 40.4 Å². The summed E-state index contributed by atoms with van der Waals surface area (Å²) in [5.74, 6) is 2.75. The Balaban J connectivity index is 2.32. The first kappa shape index (κ1) is 10.7. The Morgan fingerprint density at radius 1 is 1.33 bits per heavy atom. The molecule has 2 rings (SSSR count). The van der Waals surface area contributed by atoms with Crippen LogP contribution in [0.5, 0.6) is 0 Å². The summed E-state index contributed by atoms with van der Waals surface area (Å²) in [6, 6.07) is 10.4. The minimum atomic E-state index is 0.227. The van der Waals surface area contributed by atoms with E-state index in [9.17, 15) is 4.79 Å². The molecule has 2 heteroatoms. The van der Waals surface area contributed by atoms with Crippen LogP contribution in [-0.4, -0.2) is 20.7 Å². The molecule has 1 aromatic rings. The molecule has 0 aromatic heterocycles. The maximum atomic E-state index is 11.3. The third kappa shape index (κ3) is 1.92. The van der Waals surface area contributed by atoms with Gasteiger partial charge in [-0.2, -0.15) is 0 Å². The van der Waals surface area contributed by atoms with Gasteiger partial charge in [-0.05, 0) is 0 Å². The van der Waals surface area contributed by atoms with E-state index < -0.39 is 0 Å². The first-order chi connectivity index (χ1) is 7.24. The third-order valence-corrected chi connectivity index (χ3v) is 4.89. The van der Waals surface area contributed by atoms with Crippen LogP contribution in [0.1, 0.15) is 18.9 Å². The number of hydrogen-bond donors (Lipinski definition) is 0. The van der Waals surface area contributed by atoms with E-state index in [1.54, 1.807) is 6.92 Å². The molecule has 0 radical (unpaired) electrons. The molecule has 0 heterocycles. The predicted octanol–water partition coefficient (Wildman–Crippen LogP) is 2.76. The van der Waals surface area contributed by atoms with Gasteiger partial charge in [0.2, 0.25) is 0 Å². The van der Waals surface area contributed by atoms with Gasteiger partial charge in [0.15, 0.2) is 0 Å². The topological polar surface area (TPSA) is 17.1 Å². The van der Waals surface area contributed by atoms with Crippen molar-refractivity contribution in [1.29, 1.82) is 0 Å². The van der Waals surface area contributed by atoms with Gasteiger partial charge in [-0.15, -0.1) is 0 Å². The van der Waals surface area contributed by atoms with E-state index in [0.29, 0.717) is 20.7 Å². The molecule has 1 atom stereocenters. The van der Waals surface area contributed by atoms with E-state index in [2.05, 4.69) is 30.1 Å². The fraction of sp³-hybridized carbons (Fsp3) is 0.308. The maximum absolute atomic E-state index is 11.3. The first-order valence-corrected chi connectivity index (χ1v) is 7.64. The van der Waals surface area contributed by atoms with Crippen molar-refractivity contribution < 1.29 is 4.79 Å². The van der Waals surface area contributed by atoms with Crippen LogP contribution in [0.3, 0.4) is 0 Å². The molecule has 0 saturated carbocycles. The van der Waals surface area contributed by atoms with Crippen LogP contribution in [0.15, 0.2) is 34.8 Å². The number of Topliss-reactive ketones (excluding diaryl/α,β-unsaturated/α-hetero) is 1. The number of rotatable bonds is 3. The van der Waals surface area contributed by atoms with Gasteiger partial charge >= 0.3 is 96.6 Å². The molecule has 0 bridgehead atoms. The zero-order valence-corrected chi connectivity index (χ0v) is 10.7. The summed E-state index contributed by atoms with van der Waals surface area (Å²) in [4.78, 5) is 11.3. The predicted molar refractivity (Wildman–Crippen MR) is 63.8 cm³/mol. The summed E-state index contributed by atoms with van der Waals surface area (Å²) in [5, 5.41) is 0. The standard InChI is InChI=1S/C13H14OSe/c1-9(14)11-8-12(13(11)15-2)10-6-4-3-5-7-10/h3-7,11H,8H2,1-2H3. The Labute approximate surface area is 96.7 Å². The molecular weight excluding hydrogens is 251 g/mol. The van der Waals surface area contributed by atoms with Crippen LogP contribution in [0.25, 0.3) is 5.57 Å². The van der Waals surface area contributed by atoms with Gasteiger partial charge in [-0.3, -0.25) is 0 Å². The Bertz CT molecular complexity index is 406. The Morgan fingerprint density at radius 3 is 2.53 bits per heavy atom. The second-order valence-corrected chi connectivity index (χ2v) is 5.56. The Morgan fingerprint density at radius 2 is 2.00 bits per heavy atom. The summed E-state index contributed by atoms with van der Waals surface area (Å²) < 4.78 is 1.40. The molecule has 0 fully saturated rings. The molecular formula is C13H14OSe. The molecule has 1 unspecified atom stereocenters. The monoisotopic (exact) mass is 266 g/mol. The zero-order chi connectivity index (χ0) is 10.8. The van der Waals surface area contributed by atoms with Crippen LogP contribution in [0, 0.1) is 5.92 Å². The van der Waals surface area contributed by atoms with E-state index in [1.165, 1.54) is 15.6 Å². The van der Waals surface area contributed by atoms with Crippen molar-refractivity contribution in [2.75, 3.05) is 0 Å². The molecule has 1 aliphatic rings. The number of hydrogen-bond acceptors (Lipinski definition) is 1. The van der Waals surface area contributed by atoms with E-state index in [4.69, 9.17) is 0 Å². The zero-order valence-electron chi connectivity index (χ0n) is 8.99. The van der Waals surface area contributed by atoms with Gasteiger partial charge in [0, 0.05) is 0 Å². The summed E-state index contributed by atoms with van der Waals surface area (Å²) >= 11 is 0.458. The normalized spacial score (nSPS) is 20.0. The third-order valence-electron chi connectivity index (χ3n) is 2.86. The molecule has 78 valence electrons. The van der Waals surface area contributed by atoms with Crippen molar-refractivity contribution in [2.24, 2.45) is 5.92 Å². The molecule has 15 heavy (non-hydrogen) atoms. The minimum absolute atomic E-state index is 0.227. The Hall–Kier alpha value is -0.851. The fourth-order valence-corrected chi connectivity index (χ4v) is 4.03. The van der Waals surface area contributed by atoms with E-state index in [1.807, 2.05) is 6.07 Å². The number of allylic oxidation sites excluding steroid dienone is 2. The SMILES string of the molecule is C[Se]C1=C(c2ccccc2)CC1C(C)=O. The number of carbonyl (C=O) groups is 1. The molecule has 0 spiro atoms. The van der Waals surface area contributed by atoms with E-state index >= 15 is 0 Å². The van der Waals surface area contributed by atoms with Gasteiger partial charge in [0.1, 0.15) is 0 Å². The number of carbonyl (C=O) groups excluding carboxylic acids is 1. The molecule has 1 aromatic carbocycles. The molecule has 1 aliphatic carbocycles. The average molecular weight is 265 g/mol. The van der Waals surface area contributed by atoms with E-state index in [-0.39, 0.29) is 5.92 Å². The molecule has 1 nitrogen and oxygen atoms in total. The van der Waals surface area contributed by atoms with Gasteiger partial charge < -0.3 is 0 Å². The van der Waals surface area contributed by atoms with Gasteiger partial charge in [0.05, 0.1) is 0 Å². The molecule has 0 N–H and O–H groups in total. The molecule has 0 saturated heterocycles. The number of ketones is 1. The van der Waals surface area contributed by atoms with Crippen molar-refractivity contribution >= 4 is 26.3 Å². The van der Waals surface area contributed by atoms with Gasteiger partial charge in [-0.1, -0.05) is 0 Å². The quantitative estimate of drug-likeness (QED) is 0.768. The van der Waals surface area contributed by atoms with Crippen molar-refractivity contribution in [1.82, 2.24) is 0 Å². The van der Waals surface area contributed by atoms with Crippen LogP contribution >= 0.6 is 0 Å². The second kappa shape index (κ2) is 4.34. The summed E-state index contributed by atoms with van der Waals surface area (Å²) in [6.45, 7) is 1.71. The van der Waals surface area contributed by atoms with Crippen LogP contribution < -0.4 is 0 Å². The van der Waals surface area contributed by atoms with Gasteiger partial charge in [0.25, 0.3) is 0 Å². The molecule has 0 aliphatic heterocycles. The van der Waals surface area contributed by atoms with E-state index in [0.717, 1.165) is 6.42 Å². The summed E-state index contributed by atoms with van der Waals surface area (Å²) in [6.07, 6.45) is 0.949. The average Bonchev–Trinajstić information content (AvgIpc) is 2.18. The fourth-order valence-electron chi connectivity index (χ4n) is 1.97. The van der Waals surface area contributed by atoms with Crippen molar-refractivity contribution in [2.45, 2.75) is 19.2 Å². The Kier molecular flexibility index (Phi) is 3.08. The number of benzene rings is 1. The van der Waals surface area contributed by atoms with Gasteiger partial charge in [-0.25, -0.2) is 0 Å².